The number of nitrogens with zero attached hydrogens (tertiary/aromatic N) is 1. The number of carbonyl (C=O) groups is 2. The van der Waals surface area contributed by atoms with Crippen molar-refractivity contribution in [3.8, 4) is 0 Å². The lowest BCUT2D eigenvalue weighted by molar-refractivity contribution is 0.0623. The first-order valence-electron chi connectivity index (χ1n) is 6.06. The van der Waals surface area contributed by atoms with Crippen LogP contribution in [-0.4, -0.2) is 42.6 Å². The van der Waals surface area contributed by atoms with Gasteiger partial charge >= 0.3 is 6.09 Å². The highest BCUT2D eigenvalue weighted by atomic mass is 16.6. The lowest BCUT2D eigenvalue weighted by atomic mass is 9.99. The van der Waals surface area contributed by atoms with E-state index in [2.05, 4.69) is 5.32 Å². The molecule has 1 aromatic rings. The number of hydrogen-bond donors (Lipinski definition) is 1. The van der Waals surface area contributed by atoms with Gasteiger partial charge in [-0.25, -0.2) is 4.79 Å². The molecule has 1 aromatic carbocycles. The Morgan fingerprint density at radius 1 is 1.33 bits per heavy atom. The Kier molecular flexibility index (Phi) is 2.66. The molecule has 5 heteroatoms. The van der Waals surface area contributed by atoms with Crippen LogP contribution in [0.1, 0.15) is 15.9 Å². The third kappa shape index (κ3) is 1.92. The fraction of sp³-hybridized carbons (Fsp3) is 0.385. The normalized spacial score (nSPS) is 22.4. The van der Waals surface area contributed by atoms with E-state index in [1.54, 1.807) is 4.90 Å². The maximum Gasteiger partial charge on any atom is 0.407 e. The summed E-state index contributed by atoms with van der Waals surface area (Å²) in [6.07, 6.45) is 0.229. The van der Waals surface area contributed by atoms with Gasteiger partial charge in [0.1, 0.15) is 6.10 Å². The van der Waals surface area contributed by atoms with Crippen LogP contribution in [-0.2, 0) is 11.2 Å². The minimum atomic E-state index is -0.398. The molecule has 0 saturated carbocycles. The van der Waals surface area contributed by atoms with Crippen LogP contribution in [0.2, 0.25) is 0 Å². The van der Waals surface area contributed by atoms with Gasteiger partial charge in [0.15, 0.2) is 0 Å². The Hall–Kier alpha value is -2.04. The highest BCUT2D eigenvalue weighted by molar-refractivity contribution is 5.96. The fourth-order valence-corrected chi connectivity index (χ4v) is 2.43. The van der Waals surface area contributed by atoms with Gasteiger partial charge in [0.2, 0.25) is 0 Å². The van der Waals surface area contributed by atoms with Gasteiger partial charge in [-0.05, 0) is 18.1 Å². The van der Waals surface area contributed by atoms with E-state index in [0.717, 1.165) is 17.5 Å². The molecule has 0 radical (unpaired) electrons. The van der Waals surface area contributed by atoms with Crippen molar-refractivity contribution in [2.45, 2.75) is 12.5 Å². The van der Waals surface area contributed by atoms with Crippen LogP contribution in [0.3, 0.4) is 0 Å². The maximum absolute atomic E-state index is 12.3. The van der Waals surface area contributed by atoms with E-state index < -0.39 is 6.09 Å². The molecule has 1 unspecified atom stereocenters. The molecule has 2 amide bonds. The third-order valence-corrected chi connectivity index (χ3v) is 3.36. The Balaban J connectivity index is 1.73. The van der Waals surface area contributed by atoms with Gasteiger partial charge in [-0.3, -0.25) is 4.79 Å². The zero-order chi connectivity index (χ0) is 12.5. The van der Waals surface area contributed by atoms with Crippen LogP contribution in [0.25, 0.3) is 0 Å². The molecule has 94 valence electrons. The average Bonchev–Trinajstić information content (AvgIpc) is 2.79. The minimum Gasteiger partial charge on any atom is -0.442 e. The molecular formula is C13H14N2O3. The Morgan fingerprint density at radius 3 is 2.94 bits per heavy atom. The summed E-state index contributed by atoms with van der Waals surface area (Å²) in [6, 6.07) is 7.66. The van der Waals surface area contributed by atoms with Gasteiger partial charge in [0.25, 0.3) is 5.91 Å². The van der Waals surface area contributed by atoms with Gasteiger partial charge in [-0.2, -0.15) is 0 Å². The molecule has 2 aliphatic heterocycles. The van der Waals surface area contributed by atoms with Crippen LogP contribution < -0.4 is 5.32 Å². The van der Waals surface area contributed by atoms with E-state index in [1.807, 2.05) is 24.3 Å². The maximum atomic E-state index is 12.3. The molecule has 3 rings (SSSR count). The zero-order valence-electron chi connectivity index (χ0n) is 9.89. The van der Waals surface area contributed by atoms with Crippen LogP contribution in [0.15, 0.2) is 24.3 Å². The number of ether oxygens (including phenoxy) is 1. The summed E-state index contributed by atoms with van der Waals surface area (Å²) in [6.45, 7) is 1.63. The number of fused-ring (bicyclic) bond motifs is 1. The number of nitrogens with one attached hydrogen (secondary N) is 1. The summed E-state index contributed by atoms with van der Waals surface area (Å²) in [7, 11) is 0. The van der Waals surface area contributed by atoms with E-state index in [1.165, 1.54) is 0 Å². The van der Waals surface area contributed by atoms with Crippen molar-refractivity contribution in [1.82, 2.24) is 10.2 Å². The van der Waals surface area contributed by atoms with Gasteiger partial charge in [0.05, 0.1) is 13.1 Å². The average molecular weight is 246 g/mol. The number of benzene rings is 1. The number of amides is 2. The first kappa shape index (κ1) is 11.1. The summed E-state index contributed by atoms with van der Waals surface area (Å²) in [4.78, 5) is 24.9. The molecule has 0 bridgehead atoms. The molecule has 5 nitrogen and oxygen atoms in total. The Labute approximate surface area is 105 Å². The molecule has 2 heterocycles. The quantitative estimate of drug-likeness (QED) is 0.839. The Bertz CT molecular complexity index is 501. The van der Waals surface area contributed by atoms with Gasteiger partial charge in [-0.1, -0.05) is 18.2 Å². The van der Waals surface area contributed by atoms with Gasteiger partial charge < -0.3 is 15.0 Å². The van der Waals surface area contributed by atoms with Gasteiger partial charge in [0, 0.05) is 12.1 Å². The van der Waals surface area contributed by atoms with E-state index in [0.29, 0.717) is 19.6 Å². The van der Waals surface area contributed by atoms with Crippen LogP contribution in [0.5, 0.6) is 0 Å². The highest BCUT2D eigenvalue weighted by Crippen LogP contribution is 2.19. The van der Waals surface area contributed by atoms with Crippen LogP contribution in [0.4, 0.5) is 4.79 Å². The van der Waals surface area contributed by atoms with Gasteiger partial charge in [-0.15, -0.1) is 0 Å². The number of carbonyl (C=O) groups excluding carboxylic acids is 2. The van der Waals surface area contributed by atoms with Crippen molar-refractivity contribution in [1.29, 1.82) is 0 Å². The SMILES string of the molecule is O=C1NCC(CN2CCc3ccccc3C2=O)O1. The molecule has 1 atom stereocenters. The summed E-state index contributed by atoms with van der Waals surface area (Å²) < 4.78 is 5.06. The van der Waals surface area contributed by atoms with Crippen molar-refractivity contribution < 1.29 is 14.3 Å². The molecule has 2 aliphatic rings. The van der Waals surface area contributed by atoms with E-state index in [4.69, 9.17) is 4.74 Å². The van der Waals surface area contributed by atoms with E-state index >= 15 is 0 Å². The second kappa shape index (κ2) is 4.33. The van der Waals surface area contributed by atoms with Crippen molar-refractivity contribution in [3.05, 3.63) is 35.4 Å². The molecule has 1 N–H and O–H groups in total. The standard InChI is InChI=1S/C13H14N2O3/c16-12-11-4-2-1-3-9(11)5-6-15(12)8-10-7-14-13(17)18-10/h1-4,10H,5-8H2,(H,14,17). The molecule has 1 saturated heterocycles. The summed E-state index contributed by atoms with van der Waals surface area (Å²) >= 11 is 0. The lowest BCUT2D eigenvalue weighted by Gasteiger charge is -2.29. The predicted molar refractivity (Wildman–Crippen MR) is 64.3 cm³/mol. The van der Waals surface area contributed by atoms with Crippen molar-refractivity contribution >= 4 is 12.0 Å². The first-order chi connectivity index (χ1) is 8.74. The smallest absolute Gasteiger partial charge is 0.407 e. The third-order valence-electron chi connectivity index (χ3n) is 3.36. The van der Waals surface area contributed by atoms with Crippen LogP contribution in [0, 0.1) is 0 Å². The molecular weight excluding hydrogens is 232 g/mol. The molecule has 18 heavy (non-hydrogen) atoms. The summed E-state index contributed by atoms with van der Waals surface area (Å²) in [5.41, 5.74) is 1.86. The molecule has 0 spiro atoms. The summed E-state index contributed by atoms with van der Waals surface area (Å²) in [5.74, 6) is 0.0276. The monoisotopic (exact) mass is 246 g/mol. The van der Waals surface area contributed by atoms with Crippen molar-refractivity contribution in [3.63, 3.8) is 0 Å². The second-order valence-corrected chi connectivity index (χ2v) is 4.57. The largest absolute Gasteiger partial charge is 0.442 e. The first-order valence-corrected chi connectivity index (χ1v) is 6.06. The predicted octanol–water partition coefficient (Wildman–Crippen LogP) is 0.793. The highest BCUT2D eigenvalue weighted by Gasteiger charge is 2.30. The van der Waals surface area contributed by atoms with Crippen molar-refractivity contribution in [2.24, 2.45) is 0 Å². The van der Waals surface area contributed by atoms with Crippen LogP contribution >= 0.6 is 0 Å². The number of hydrogen-bond acceptors (Lipinski definition) is 3. The Morgan fingerprint density at radius 2 is 2.17 bits per heavy atom. The zero-order valence-corrected chi connectivity index (χ0v) is 9.89. The van der Waals surface area contributed by atoms with Crippen molar-refractivity contribution in [2.75, 3.05) is 19.6 Å². The molecule has 0 aliphatic carbocycles. The minimum absolute atomic E-state index is 0.0276. The topological polar surface area (TPSA) is 58.6 Å². The van der Waals surface area contributed by atoms with E-state index in [-0.39, 0.29) is 12.0 Å². The fourth-order valence-electron chi connectivity index (χ4n) is 2.43. The van der Waals surface area contributed by atoms with E-state index in [9.17, 15) is 9.59 Å². The number of alkyl carbamates (subject to hydrolysis) is 1. The number of rotatable bonds is 2. The summed E-state index contributed by atoms with van der Waals surface area (Å²) in [5, 5.41) is 2.59. The molecule has 0 aromatic heterocycles. The second-order valence-electron chi connectivity index (χ2n) is 4.57. The number of cyclic esters (lactones) is 1. The lowest BCUT2D eigenvalue weighted by Crippen LogP contribution is -2.43. The molecule has 1 fully saturated rings.